The Morgan fingerprint density at radius 2 is 1.65 bits per heavy atom. The normalized spacial score (nSPS) is 10.5. The maximum absolute atomic E-state index is 11.0. The van der Waals surface area contributed by atoms with Gasteiger partial charge in [-0.05, 0) is 6.07 Å². The zero-order valence-electron chi connectivity index (χ0n) is 7.74. The molecule has 1 aromatic carbocycles. The average Bonchev–Trinajstić information content (AvgIpc) is 2.19. The molecule has 0 aliphatic carbocycles. The van der Waals surface area contributed by atoms with Crippen LogP contribution in [0.5, 0.6) is 0 Å². The Balaban J connectivity index is 3.90. The van der Waals surface area contributed by atoms with E-state index >= 15 is 0 Å². The second-order valence-corrected chi connectivity index (χ2v) is 5.84. The summed E-state index contributed by atoms with van der Waals surface area (Å²) < 4.78 is 21.3. The van der Waals surface area contributed by atoms with E-state index in [4.69, 9.17) is 33.4 Å². The smallest absolute Gasteiger partial charge is 0.342 e. The van der Waals surface area contributed by atoms with Gasteiger partial charge in [-0.2, -0.15) is 0 Å². The van der Waals surface area contributed by atoms with Gasteiger partial charge in [0, 0.05) is 0 Å². The van der Waals surface area contributed by atoms with E-state index < -0.39 is 51.5 Å². The number of carboxylic acid groups (broad SMARTS) is 2. The van der Waals surface area contributed by atoms with Crippen LogP contribution in [0, 0.1) is 3.57 Å². The quantitative estimate of drug-likeness (QED) is 0.604. The SMILES string of the molecule is O=C(O)c1cc(Cl)c(Cl)c(C(=O)O)c1I(=O)=O. The molecule has 1 rings (SSSR count). The van der Waals surface area contributed by atoms with Crippen LogP contribution in [0.15, 0.2) is 6.07 Å². The number of halogens is 3. The number of carbonyl (C=O) groups is 2. The van der Waals surface area contributed by atoms with Gasteiger partial charge in [0.05, 0.1) is 21.2 Å². The Hall–Kier alpha value is -0.930. The van der Waals surface area contributed by atoms with Crippen molar-refractivity contribution in [3.8, 4) is 0 Å². The largest absolute Gasteiger partial charge is 0.478 e. The summed E-state index contributed by atoms with van der Waals surface area (Å²) in [6.07, 6.45) is 0. The molecule has 0 amide bonds. The first-order valence-electron chi connectivity index (χ1n) is 3.81. The lowest BCUT2D eigenvalue weighted by molar-refractivity contribution is 0.0695. The highest BCUT2D eigenvalue weighted by Gasteiger charge is 2.27. The van der Waals surface area contributed by atoms with Crippen molar-refractivity contribution in [3.63, 3.8) is 0 Å². The molecule has 0 bridgehead atoms. The van der Waals surface area contributed by atoms with E-state index in [2.05, 4.69) is 0 Å². The van der Waals surface area contributed by atoms with Gasteiger partial charge in [0.25, 0.3) is 0 Å². The molecule has 6 nitrogen and oxygen atoms in total. The Labute approximate surface area is 111 Å². The second kappa shape index (κ2) is 5.15. The minimum absolute atomic E-state index is 0.331. The molecule has 0 unspecified atom stereocenters. The lowest BCUT2D eigenvalue weighted by Crippen LogP contribution is -2.09. The lowest BCUT2D eigenvalue weighted by atomic mass is 10.1. The van der Waals surface area contributed by atoms with Crippen LogP contribution >= 0.6 is 43.0 Å². The fourth-order valence-corrected chi connectivity index (χ4v) is 3.50. The zero-order chi connectivity index (χ0) is 13.3. The van der Waals surface area contributed by atoms with Gasteiger partial charge in [-0.1, -0.05) is 23.2 Å². The molecular formula is C8H3Cl2IO6. The molecule has 0 radical (unpaired) electrons. The van der Waals surface area contributed by atoms with Crippen LogP contribution in [-0.2, 0) is 6.14 Å². The molecule has 0 aromatic heterocycles. The standard InChI is InChI=1S/C8H3Cl2IO6/c9-3-1-2(7(12)13)6(11(16)17)4(5(3)10)8(14)15/h1H,(H,12,13)(H,14,15). The van der Waals surface area contributed by atoms with Gasteiger partial charge in [-0.3, -0.25) is 0 Å². The molecule has 0 saturated heterocycles. The molecule has 0 fully saturated rings. The van der Waals surface area contributed by atoms with E-state index in [1.807, 2.05) is 0 Å². The molecule has 0 atom stereocenters. The summed E-state index contributed by atoms with van der Waals surface area (Å²) in [5, 5.41) is 16.8. The summed E-state index contributed by atoms with van der Waals surface area (Å²) >= 11 is 6.74. The van der Waals surface area contributed by atoms with Crippen LogP contribution in [0.2, 0.25) is 10.0 Å². The van der Waals surface area contributed by atoms with Crippen LogP contribution in [0.25, 0.3) is 0 Å². The maximum Gasteiger partial charge on any atom is 0.342 e. The Morgan fingerprint density at radius 1 is 1.12 bits per heavy atom. The van der Waals surface area contributed by atoms with Gasteiger partial charge in [0.15, 0.2) is 0 Å². The van der Waals surface area contributed by atoms with Gasteiger partial charge in [0.1, 0.15) is 3.57 Å². The van der Waals surface area contributed by atoms with Gasteiger partial charge in [0.2, 0.25) is 0 Å². The van der Waals surface area contributed by atoms with Crippen LogP contribution < -0.4 is 0 Å². The predicted octanol–water partition coefficient (Wildman–Crippen LogP) is 2.76. The summed E-state index contributed by atoms with van der Waals surface area (Å²) in [6, 6.07) is 0.814. The summed E-state index contributed by atoms with van der Waals surface area (Å²) in [6.45, 7) is 0. The fraction of sp³-hybridized carbons (Fsp3) is 0. The van der Waals surface area contributed by atoms with E-state index in [1.54, 1.807) is 0 Å². The summed E-state index contributed by atoms with van der Waals surface area (Å²) in [5.74, 6) is -3.24. The molecule has 2 N–H and O–H groups in total. The number of hydrogen-bond donors (Lipinski definition) is 2. The average molecular weight is 393 g/mol. The van der Waals surface area contributed by atoms with Crippen LogP contribution in [0.3, 0.4) is 0 Å². The lowest BCUT2D eigenvalue weighted by Gasteiger charge is -2.06. The van der Waals surface area contributed by atoms with E-state index in [-0.39, 0.29) is 5.02 Å². The molecule has 0 aliphatic heterocycles. The number of hydrogen-bond acceptors (Lipinski definition) is 4. The van der Waals surface area contributed by atoms with Crippen molar-refractivity contribution in [3.05, 3.63) is 30.8 Å². The fourth-order valence-electron chi connectivity index (χ4n) is 1.11. The molecule has 92 valence electrons. The third-order valence-electron chi connectivity index (χ3n) is 1.75. The first-order valence-corrected chi connectivity index (χ1v) is 7.40. The number of benzene rings is 1. The summed E-state index contributed by atoms with van der Waals surface area (Å²) in [7, 11) is 0. The van der Waals surface area contributed by atoms with E-state index in [1.165, 1.54) is 0 Å². The maximum atomic E-state index is 11.0. The van der Waals surface area contributed by atoms with Crippen LogP contribution in [-0.4, -0.2) is 22.2 Å². The first kappa shape index (κ1) is 14.1. The second-order valence-electron chi connectivity index (χ2n) is 2.74. The van der Waals surface area contributed by atoms with Gasteiger partial charge < -0.3 is 10.2 Å². The predicted molar refractivity (Wildman–Crippen MR) is 64.5 cm³/mol. The summed E-state index contributed by atoms with van der Waals surface area (Å²) in [5.41, 5.74) is -1.49. The van der Waals surface area contributed by atoms with Gasteiger partial charge in [-0.15, -0.1) is 0 Å². The molecule has 0 heterocycles. The third kappa shape index (κ3) is 2.67. The molecule has 9 heteroatoms. The van der Waals surface area contributed by atoms with Crippen molar-refractivity contribution in [2.45, 2.75) is 0 Å². The minimum atomic E-state index is -4.35. The Bertz CT molecular complexity index is 584. The van der Waals surface area contributed by atoms with Crippen molar-refractivity contribution in [1.82, 2.24) is 0 Å². The Kier molecular flexibility index (Phi) is 4.28. The first-order chi connectivity index (χ1) is 7.77. The summed E-state index contributed by atoms with van der Waals surface area (Å²) in [4.78, 5) is 21.7. The number of rotatable bonds is 3. The molecule has 1 aromatic rings. The van der Waals surface area contributed by atoms with E-state index in [0.29, 0.717) is 0 Å². The number of aromatic carboxylic acids is 2. The van der Waals surface area contributed by atoms with Crippen LogP contribution in [0.1, 0.15) is 20.7 Å². The van der Waals surface area contributed by atoms with E-state index in [9.17, 15) is 15.7 Å². The van der Waals surface area contributed by atoms with Gasteiger partial charge in [-0.25, -0.2) is 15.7 Å². The minimum Gasteiger partial charge on any atom is -0.478 e. The molecule has 0 aliphatic rings. The van der Waals surface area contributed by atoms with E-state index in [0.717, 1.165) is 6.07 Å². The topological polar surface area (TPSA) is 109 Å². The van der Waals surface area contributed by atoms with Crippen LogP contribution in [0.4, 0.5) is 0 Å². The third-order valence-corrected chi connectivity index (χ3v) is 4.54. The molecule has 0 spiro atoms. The van der Waals surface area contributed by atoms with Crippen molar-refractivity contribution in [2.24, 2.45) is 0 Å². The highest BCUT2D eigenvalue weighted by Crippen LogP contribution is 2.36. The van der Waals surface area contributed by atoms with Crippen molar-refractivity contribution in [1.29, 1.82) is 0 Å². The molecule has 0 saturated carbocycles. The van der Waals surface area contributed by atoms with Crippen molar-refractivity contribution in [2.75, 3.05) is 0 Å². The van der Waals surface area contributed by atoms with Crippen molar-refractivity contribution >= 4 is 54.9 Å². The van der Waals surface area contributed by atoms with Crippen molar-refractivity contribution < 1.29 is 25.9 Å². The monoisotopic (exact) mass is 392 g/mol. The highest BCUT2D eigenvalue weighted by molar-refractivity contribution is 14.2. The zero-order valence-corrected chi connectivity index (χ0v) is 11.4. The molecular weight excluding hydrogens is 390 g/mol. The molecule has 17 heavy (non-hydrogen) atoms. The Morgan fingerprint density at radius 3 is 2.00 bits per heavy atom. The highest BCUT2D eigenvalue weighted by atomic mass is 127. The number of carboxylic acids is 2. The van der Waals surface area contributed by atoms with Gasteiger partial charge >= 0.3 is 31.7 Å².